The van der Waals surface area contributed by atoms with E-state index < -0.39 is 0 Å². The summed E-state index contributed by atoms with van der Waals surface area (Å²) in [5, 5.41) is 0. The summed E-state index contributed by atoms with van der Waals surface area (Å²) in [4.78, 5) is 0. The Morgan fingerprint density at radius 1 is 1.06 bits per heavy atom. The van der Waals surface area contributed by atoms with Crippen LogP contribution in [0.2, 0.25) is 0 Å². The van der Waals surface area contributed by atoms with Crippen molar-refractivity contribution >= 4 is 0 Å². The van der Waals surface area contributed by atoms with Crippen molar-refractivity contribution < 1.29 is 4.42 Å². The summed E-state index contributed by atoms with van der Waals surface area (Å²) < 4.78 is 5.50. The van der Waals surface area contributed by atoms with Crippen molar-refractivity contribution in [3.05, 3.63) is 48.2 Å². The third-order valence-corrected chi connectivity index (χ3v) is 3.33. The van der Waals surface area contributed by atoms with E-state index in [1.54, 1.807) is 6.26 Å². The van der Waals surface area contributed by atoms with E-state index in [9.17, 15) is 0 Å². The molecule has 1 heterocycles. The molecule has 1 heteroatoms. The van der Waals surface area contributed by atoms with Crippen molar-refractivity contribution in [3.8, 4) is 11.3 Å². The van der Waals surface area contributed by atoms with Gasteiger partial charge in [0.2, 0.25) is 0 Å². The van der Waals surface area contributed by atoms with Gasteiger partial charge in [-0.05, 0) is 29.5 Å². The highest BCUT2D eigenvalue weighted by Crippen LogP contribution is 2.35. The molecule has 1 aromatic carbocycles. The van der Waals surface area contributed by atoms with Crippen LogP contribution in [-0.2, 0) is 5.41 Å². The smallest absolute Gasteiger partial charge is 0.134 e. The van der Waals surface area contributed by atoms with E-state index >= 15 is 0 Å². The van der Waals surface area contributed by atoms with Crippen LogP contribution in [0.4, 0.5) is 0 Å². The number of hydrogen-bond donors (Lipinski definition) is 0. The Morgan fingerprint density at radius 2 is 1.81 bits per heavy atom. The standard InChI is InChI=1S/C15H18O/c1-4-15(2,3)13-9-6-5-8-12(13)14-10-7-11-16-14/h5-11H,4H2,1-3H3. The Morgan fingerprint density at radius 3 is 2.44 bits per heavy atom. The lowest BCUT2D eigenvalue weighted by Crippen LogP contribution is -2.16. The molecule has 1 aromatic heterocycles. The molecule has 0 spiro atoms. The second-order valence-corrected chi connectivity index (χ2v) is 4.76. The average Bonchev–Trinajstić information content (AvgIpc) is 2.82. The van der Waals surface area contributed by atoms with E-state index in [0.29, 0.717) is 0 Å². The van der Waals surface area contributed by atoms with Crippen LogP contribution in [-0.4, -0.2) is 0 Å². The number of benzene rings is 1. The normalized spacial score (nSPS) is 11.7. The van der Waals surface area contributed by atoms with Crippen LogP contribution in [0, 0.1) is 0 Å². The highest BCUT2D eigenvalue weighted by Gasteiger charge is 2.22. The lowest BCUT2D eigenvalue weighted by molar-refractivity contribution is 0.504. The van der Waals surface area contributed by atoms with Crippen molar-refractivity contribution in [2.75, 3.05) is 0 Å². The zero-order chi connectivity index (χ0) is 11.6. The average molecular weight is 214 g/mol. The first-order valence-electron chi connectivity index (χ1n) is 5.78. The van der Waals surface area contributed by atoms with E-state index in [-0.39, 0.29) is 5.41 Å². The third-order valence-electron chi connectivity index (χ3n) is 3.33. The van der Waals surface area contributed by atoms with Crippen LogP contribution < -0.4 is 0 Å². The summed E-state index contributed by atoms with van der Waals surface area (Å²) >= 11 is 0. The number of furan rings is 1. The zero-order valence-electron chi connectivity index (χ0n) is 10.2. The second kappa shape index (κ2) is 4.17. The van der Waals surface area contributed by atoms with Crippen molar-refractivity contribution in [1.29, 1.82) is 0 Å². The van der Waals surface area contributed by atoms with E-state index in [1.807, 2.05) is 12.1 Å². The molecule has 0 bridgehead atoms. The minimum absolute atomic E-state index is 0.184. The van der Waals surface area contributed by atoms with Gasteiger partial charge >= 0.3 is 0 Å². The maximum atomic E-state index is 5.50. The minimum atomic E-state index is 0.184. The quantitative estimate of drug-likeness (QED) is 0.725. The van der Waals surface area contributed by atoms with E-state index in [1.165, 1.54) is 11.1 Å². The van der Waals surface area contributed by atoms with Gasteiger partial charge in [0.25, 0.3) is 0 Å². The molecule has 0 amide bonds. The molecule has 16 heavy (non-hydrogen) atoms. The molecule has 0 fully saturated rings. The van der Waals surface area contributed by atoms with Gasteiger partial charge in [0.1, 0.15) is 5.76 Å². The SMILES string of the molecule is CCC(C)(C)c1ccccc1-c1ccco1. The van der Waals surface area contributed by atoms with Crippen LogP contribution in [0.25, 0.3) is 11.3 Å². The molecular weight excluding hydrogens is 196 g/mol. The van der Waals surface area contributed by atoms with Crippen LogP contribution in [0.3, 0.4) is 0 Å². The van der Waals surface area contributed by atoms with E-state index in [0.717, 1.165) is 12.2 Å². The van der Waals surface area contributed by atoms with Gasteiger partial charge < -0.3 is 4.42 Å². The van der Waals surface area contributed by atoms with Gasteiger partial charge in [-0.1, -0.05) is 45.0 Å². The first-order chi connectivity index (χ1) is 7.65. The monoisotopic (exact) mass is 214 g/mol. The maximum absolute atomic E-state index is 5.50. The molecule has 1 nitrogen and oxygen atoms in total. The van der Waals surface area contributed by atoms with Crippen molar-refractivity contribution in [2.24, 2.45) is 0 Å². The first kappa shape index (κ1) is 11.0. The van der Waals surface area contributed by atoms with E-state index in [2.05, 4.69) is 45.0 Å². The fourth-order valence-corrected chi connectivity index (χ4v) is 1.91. The van der Waals surface area contributed by atoms with E-state index in [4.69, 9.17) is 4.42 Å². The highest BCUT2D eigenvalue weighted by molar-refractivity contribution is 5.63. The molecule has 2 aromatic rings. The Bertz CT molecular complexity index is 452. The van der Waals surface area contributed by atoms with Crippen LogP contribution in [0.15, 0.2) is 47.1 Å². The van der Waals surface area contributed by atoms with Gasteiger partial charge in [0.05, 0.1) is 6.26 Å². The molecule has 0 aliphatic carbocycles. The predicted octanol–water partition coefficient (Wildman–Crippen LogP) is 4.63. The zero-order valence-corrected chi connectivity index (χ0v) is 10.2. The molecule has 0 unspecified atom stereocenters. The second-order valence-electron chi connectivity index (χ2n) is 4.76. The Balaban J connectivity index is 2.55. The van der Waals surface area contributed by atoms with Gasteiger partial charge in [0.15, 0.2) is 0 Å². The first-order valence-corrected chi connectivity index (χ1v) is 5.78. The third kappa shape index (κ3) is 1.90. The summed E-state index contributed by atoms with van der Waals surface area (Å²) in [6.45, 7) is 6.77. The van der Waals surface area contributed by atoms with Gasteiger partial charge in [-0.15, -0.1) is 0 Å². The largest absolute Gasteiger partial charge is 0.464 e. The Hall–Kier alpha value is -1.50. The lowest BCUT2D eigenvalue weighted by Gasteiger charge is -2.25. The number of hydrogen-bond acceptors (Lipinski definition) is 1. The van der Waals surface area contributed by atoms with Crippen molar-refractivity contribution in [1.82, 2.24) is 0 Å². The van der Waals surface area contributed by atoms with Crippen LogP contribution in [0.5, 0.6) is 0 Å². The summed E-state index contributed by atoms with van der Waals surface area (Å²) in [6, 6.07) is 12.4. The summed E-state index contributed by atoms with van der Waals surface area (Å²) in [5.74, 6) is 0.956. The summed E-state index contributed by atoms with van der Waals surface area (Å²) in [5.41, 5.74) is 2.75. The molecule has 84 valence electrons. The number of rotatable bonds is 3. The fraction of sp³-hybridized carbons (Fsp3) is 0.333. The molecule has 0 N–H and O–H groups in total. The summed E-state index contributed by atoms with van der Waals surface area (Å²) in [7, 11) is 0. The maximum Gasteiger partial charge on any atom is 0.134 e. The van der Waals surface area contributed by atoms with Gasteiger partial charge in [0, 0.05) is 5.56 Å². The molecule has 2 rings (SSSR count). The van der Waals surface area contributed by atoms with Gasteiger partial charge in [-0.3, -0.25) is 0 Å². The van der Waals surface area contributed by atoms with Gasteiger partial charge in [-0.25, -0.2) is 0 Å². The highest BCUT2D eigenvalue weighted by atomic mass is 16.3. The Labute approximate surface area is 97.1 Å². The van der Waals surface area contributed by atoms with Crippen molar-refractivity contribution in [2.45, 2.75) is 32.6 Å². The fourth-order valence-electron chi connectivity index (χ4n) is 1.91. The lowest BCUT2D eigenvalue weighted by atomic mass is 9.79. The van der Waals surface area contributed by atoms with Crippen LogP contribution in [0.1, 0.15) is 32.8 Å². The molecule has 0 aliphatic heterocycles. The summed E-state index contributed by atoms with van der Waals surface area (Å²) in [6.07, 6.45) is 2.84. The predicted molar refractivity (Wildman–Crippen MR) is 67.5 cm³/mol. The molecule has 0 atom stereocenters. The Kier molecular flexibility index (Phi) is 2.86. The molecule has 0 saturated heterocycles. The van der Waals surface area contributed by atoms with Crippen LogP contribution >= 0.6 is 0 Å². The van der Waals surface area contributed by atoms with Crippen molar-refractivity contribution in [3.63, 3.8) is 0 Å². The minimum Gasteiger partial charge on any atom is -0.464 e. The molecule has 0 saturated carbocycles. The molecule has 0 aliphatic rings. The van der Waals surface area contributed by atoms with Gasteiger partial charge in [-0.2, -0.15) is 0 Å². The molecule has 0 radical (unpaired) electrons. The topological polar surface area (TPSA) is 13.1 Å². The molecular formula is C15H18O.